The summed E-state index contributed by atoms with van der Waals surface area (Å²) in [5.41, 5.74) is 0. The maximum Gasteiger partial charge on any atom is 0.0185 e. The second-order valence-electron chi connectivity index (χ2n) is 6.14. The molecule has 0 spiro atoms. The topological polar surface area (TPSA) is 3.24 Å². The van der Waals surface area contributed by atoms with Crippen molar-refractivity contribution in [2.45, 2.75) is 19.4 Å². The number of hydrogen-bond donors (Lipinski definition) is 0. The van der Waals surface area contributed by atoms with Gasteiger partial charge in [-0.2, -0.15) is 0 Å². The van der Waals surface area contributed by atoms with E-state index < -0.39 is 7.92 Å². The zero-order chi connectivity index (χ0) is 15.5. The van der Waals surface area contributed by atoms with Crippen molar-refractivity contribution in [1.29, 1.82) is 0 Å². The van der Waals surface area contributed by atoms with Crippen LogP contribution in [0.2, 0.25) is 0 Å². The Morgan fingerprint density at radius 1 is 1.18 bits per heavy atom. The summed E-state index contributed by atoms with van der Waals surface area (Å²) >= 11 is 0. The minimum Gasteiger partial charge on any atom is -0.306 e. The number of rotatable bonds is 5. The first-order valence-corrected chi connectivity index (χ1v) is 9.29. The van der Waals surface area contributed by atoms with Crippen LogP contribution in [0.15, 0.2) is 77.4 Å². The minimum atomic E-state index is -0.408. The third-order valence-electron chi connectivity index (χ3n) is 4.54. The summed E-state index contributed by atoms with van der Waals surface area (Å²) < 4.78 is 0. The van der Waals surface area contributed by atoms with Crippen molar-refractivity contribution in [3.8, 4) is 0 Å². The van der Waals surface area contributed by atoms with Gasteiger partial charge in [0, 0.05) is 12.0 Å². The van der Waals surface area contributed by atoms with Crippen LogP contribution in [0.3, 0.4) is 0 Å². The molecule has 114 valence electrons. The maximum atomic E-state index is 2.40. The Labute approximate surface area is 135 Å². The number of allylic oxidation sites excluding steroid dienone is 6. The van der Waals surface area contributed by atoms with Gasteiger partial charge in [-0.15, -0.1) is 0 Å². The fourth-order valence-corrected chi connectivity index (χ4v) is 5.81. The molecule has 0 amide bonds. The fraction of sp³-hybridized carbons (Fsp3) is 0.300. The number of hydrogen-bond acceptors (Lipinski definition) is 1. The summed E-state index contributed by atoms with van der Waals surface area (Å²) in [7, 11) is 3.94. The summed E-state index contributed by atoms with van der Waals surface area (Å²) in [5, 5.41) is 4.55. The van der Waals surface area contributed by atoms with E-state index in [1.807, 2.05) is 0 Å². The zero-order valence-electron chi connectivity index (χ0n) is 13.6. The highest BCUT2D eigenvalue weighted by Gasteiger charge is 2.31. The molecular formula is C20H24NP. The SMILES string of the molecule is C[C@H](C1C=CC=C1[P@](C1=CCC=C1)c1ccccc1)N(C)C. The molecule has 1 unspecified atom stereocenters. The molecule has 0 saturated heterocycles. The third kappa shape index (κ3) is 3.02. The summed E-state index contributed by atoms with van der Waals surface area (Å²) in [6, 6.07) is 11.5. The molecule has 1 aromatic carbocycles. The molecule has 2 aliphatic carbocycles. The molecule has 0 fully saturated rings. The smallest absolute Gasteiger partial charge is 0.0185 e. The van der Waals surface area contributed by atoms with Crippen molar-refractivity contribution in [3.63, 3.8) is 0 Å². The van der Waals surface area contributed by atoms with E-state index in [4.69, 9.17) is 0 Å². The molecule has 0 aliphatic heterocycles. The van der Waals surface area contributed by atoms with Crippen LogP contribution in [0.5, 0.6) is 0 Å². The lowest BCUT2D eigenvalue weighted by atomic mass is 10.0. The molecule has 1 nitrogen and oxygen atoms in total. The number of benzene rings is 1. The van der Waals surface area contributed by atoms with E-state index in [9.17, 15) is 0 Å². The van der Waals surface area contributed by atoms with E-state index in [2.05, 4.69) is 92.7 Å². The van der Waals surface area contributed by atoms with Crippen LogP contribution in [-0.4, -0.2) is 25.0 Å². The first-order valence-electron chi connectivity index (χ1n) is 7.95. The van der Waals surface area contributed by atoms with Crippen LogP contribution in [0.1, 0.15) is 13.3 Å². The molecule has 1 aromatic rings. The molecule has 2 aliphatic rings. The molecule has 0 saturated carbocycles. The maximum absolute atomic E-state index is 2.40. The number of nitrogens with zero attached hydrogens (tertiary/aromatic N) is 1. The molecule has 22 heavy (non-hydrogen) atoms. The molecule has 0 N–H and O–H groups in total. The molecule has 0 aromatic heterocycles. The van der Waals surface area contributed by atoms with Gasteiger partial charge in [0.05, 0.1) is 0 Å². The largest absolute Gasteiger partial charge is 0.306 e. The van der Waals surface area contributed by atoms with Gasteiger partial charge >= 0.3 is 0 Å². The Kier molecular flexibility index (Phi) is 4.76. The fourth-order valence-electron chi connectivity index (χ4n) is 3.07. The second-order valence-corrected chi connectivity index (χ2v) is 8.36. The Balaban J connectivity index is 1.98. The average Bonchev–Trinajstić information content (AvgIpc) is 3.20. The Hall–Kier alpha value is -1.43. The average molecular weight is 309 g/mol. The van der Waals surface area contributed by atoms with Crippen molar-refractivity contribution in [2.24, 2.45) is 5.92 Å². The van der Waals surface area contributed by atoms with E-state index >= 15 is 0 Å². The highest BCUT2D eigenvalue weighted by Crippen LogP contribution is 2.58. The lowest BCUT2D eigenvalue weighted by molar-refractivity contribution is 0.281. The van der Waals surface area contributed by atoms with Crippen LogP contribution in [0.25, 0.3) is 0 Å². The first kappa shape index (κ1) is 15.5. The quantitative estimate of drug-likeness (QED) is 0.715. The summed E-state index contributed by atoms with van der Waals surface area (Å²) in [5.74, 6) is 0.510. The van der Waals surface area contributed by atoms with Crippen molar-refractivity contribution >= 4 is 13.2 Å². The van der Waals surface area contributed by atoms with Crippen LogP contribution >= 0.6 is 7.92 Å². The third-order valence-corrected chi connectivity index (χ3v) is 7.17. The zero-order valence-corrected chi connectivity index (χ0v) is 14.5. The van der Waals surface area contributed by atoms with E-state index in [1.54, 1.807) is 5.31 Å². The van der Waals surface area contributed by atoms with Crippen molar-refractivity contribution < 1.29 is 0 Å². The lowest BCUT2D eigenvalue weighted by Gasteiger charge is -2.32. The Bertz CT molecular complexity index is 637. The van der Waals surface area contributed by atoms with E-state index in [1.165, 1.54) is 10.6 Å². The van der Waals surface area contributed by atoms with Gasteiger partial charge in [-0.3, -0.25) is 0 Å². The van der Waals surface area contributed by atoms with Gasteiger partial charge in [-0.25, -0.2) is 0 Å². The predicted molar refractivity (Wildman–Crippen MR) is 98.7 cm³/mol. The minimum absolute atomic E-state index is 0.408. The van der Waals surface area contributed by atoms with Gasteiger partial charge in [0.25, 0.3) is 0 Å². The monoisotopic (exact) mass is 309 g/mol. The van der Waals surface area contributed by atoms with E-state index in [0.29, 0.717) is 12.0 Å². The summed E-state index contributed by atoms with van der Waals surface area (Å²) in [4.78, 5) is 2.32. The molecule has 0 heterocycles. The molecule has 0 bridgehead atoms. The van der Waals surface area contributed by atoms with Crippen LogP contribution < -0.4 is 5.30 Å². The molecule has 3 atom stereocenters. The summed E-state index contributed by atoms with van der Waals surface area (Å²) in [6.45, 7) is 2.32. The van der Waals surface area contributed by atoms with Gasteiger partial charge < -0.3 is 4.90 Å². The summed E-state index contributed by atoms with van der Waals surface area (Å²) in [6.07, 6.45) is 15.1. The predicted octanol–water partition coefficient (Wildman–Crippen LogP) is 4.66. The van der Waals surface area contributed by atoms with Crippen molar-refractivity contribution in [3.05, 3.63) is 77.4 Å². The van der Waals surface area contributed by atoms with Gasteiger partial charge in [0.1, 0.15) is 0 Å². The second kappa shape index (κ2) is 6.77. The van der Waals surface area contributed by atoms with Crippen LogP contribution in [0.4, 0.5) is 0 Å². The molecular weight excluding hydrogens is 285 g/mol. The van der Waals surface area contributed by atoms with Gasteiger partial charge in [-0.1, -0.05) is 66.8 Å². The highest BCUT2D eigenvalue weighted by molar-refractivity contribution is 7.73. The van der Waals surface area contributed by atoms with E-state index in [0.717, 1.165) is 6.42 Å². The molecule has 3 rings (SSSR count). The van der Waals surface area contributed by atoms with E-state index in [-0.39, 0.29) is 0 Å². The van der Waals surface area contributed by atoms with Crippen LogP contribution in [-0.2, 0) is 0 Å². The van der Waals surface area contributed by atoms with Gasteiger partial charge in [0.2, 0.25) is 0 Å². The van der Waals surface area contributed by atoms with Crippen molar-refractivity contribution in [1.82, 2.24) is 4.90 Å². The highest BCUT2D eigenvalue weighted by atomic mass is 31.1. The van der Waals surface area contributed by atoms with Crippen molar-refractivity contribution in [2.75, 3.05) is 14.1 Å². The van der Waals surface area contributed by atoms with Gasteiger partial charge in [0.15, 0.2) is 0 Å². The Morgan fingerprint density at radius 3 is 2.59 bits per heavy atom. The molecule has 0 radical (unpaired) electrons. The Morgan fingerprint density at radius 2 is 1.95 bits per heavy atom. The van der Waals surface area contributed by atoms with Gasteiger partial charge in [-0.05, 0) is 51.3 Å². The van der Waals surface area contributed by atoms with Crippen LogP contribution in [0, 0.1) is 5.92 Å². The standard InChI is InChI=1S/C20H24NP/c1-16(21(2)3)19-14-9-15-20(19)22(18-12-7-8-13-18)17-10-5-4-6-11-17/h4-7,9-16,19H,8H2,1-3H3/t16-,19?,22+/m1/s1. The lowest BCUT2D eigenvalue weighted by Crippen LogP contribution is -2.32. The normalized spacial score (nSPS) is 22.8. The first-order chi connectivity index (χ1) is 10.7. The molecule has 2 heteroatoms.